The Kier molecular flexibility index (Phi) is 6.34. The number of para-hydroxylation sites is 1. The predicted molar refractivity (Wildman–Crippen MR) is 112 cm³/mol. The average Bonchev–Trinajstić information content (AvgIpc) is 2.72. The molecule has 1 amide bonds. The summed E-state index contributed by atoms with van der Waals surface area (Å²) < 4.78 is 14.1. The van der Waals surface area contributed by atoms with Crippen LogP contribution < -0.4 is 15.1 Å². The second-order valence-electron chi connectivity index (χ2n) is 7.11. The van der Waals surface area contributed by atoms with Gasteiger partial charge in [-0.1, -0.05) is 19.1 Å². The molecule has 1 aliphatic rings. The Labute approximate surface area is 166 Å². The van der Waals surface area contributed by atoms with Crippen molar-refractivity contribution in [2.24, 2.45) is 0 Å². The van der Waals surface area contributed by atoms with Crippen molar-refractivity contribution in [2.45, 2.75) is 13.3 Å². The van der Waals surface area contributed by atoms with Gasteiger partial charge in [-0.2, -0.15) is 0 Å². The molecule has 3 rings (SSSR count). The van der Waals surface area contributed by atoms with Crippen molar-refractivity contribution < 1.29 is 9.18 Å². The maximum absolute atomic E-state index is 14.1. The Balaban J connectivity index is 1.84. The fourth-order valence-corrected chi connectivity index (χ4v) is 3.42. The Bertz CT molecular complexity index is 818. The van der Waals surface area contributed by atoms with E-state index in [0.717, 1.165) is 18.7 Å². The third-order valence-corrected chi connectivity index (χ3v) is 4.90. The number of pyridine rings is 1. The molecule has 0 saturated carbocycles. The Morgan fingerprint density at radius 1 is 1.11 bits per heavy atom. The van der Waals surface area contributed by atoms with Crippen molar-refractivity contribution in [3.05, 3.63) is 47.9 Å². The molecule has 0 bridgehead atoms. The molecule has 1 N–H and O–H groups in total. The zero-order chi connectivity index (χ0) is 20.1. The molecule has 150 valence electrons. The molecular weight excluding hydrogens is 357 g/mol. The first-order chi connectivity index (χ1) is 13.5. The van der Waals surface area contributed by atoms with Gasteiger partial charge in [0, 0.05) is 53.0 Å². The molecule has 2 heterocycles. The zero-order valence-corrected chi connectivity index (χ0v) is 16.8. The lowest BCUT2D eigenvalue weighted by molar-refractivity contribution is 0.0828. The summed E-state index contributed by atoms with van der Waals surface area (Å²) in [6.07, 6.45) is 2.69. The van der Waals surface area contributed by atoms with Gasteiger partial charge in [-0.25, -0.2) is 9.37 Å². The average molecular weight is 385 g/mol. The Morgan fingerprint density at radius 2 is 1.75 bits per heavy atom. The highest BCUT2D eigenvalue weighted by Gasteiger charge is 2.26. The topological polar surface area (TPSA) is 51.7 Å². The van der Waals surface area contributed by atoms with Gasteiger partial charge in [0.15, 0.2) is 0 Å². The summed E-state index contributed by atoms with van der Waals surface area (Å²) in [5.74, 6) is 0.349. The quantitative estimate of drug-likeness (QED) is 0.828. The van der Waals surface area contributed by atoms with E-state index in [-0.39, 0.29) is 11.7 Å². The molecule has 1 saturated heterocycles. The number of aromatic nitrogens is 1. The molecule has 6 nitrogen and oxygen atoms in total. The number of hydrogen-bond donors (Lipinski definition) is 1. The first kappa shape index (κ1) is 19.9. The van der Waals surface area contributed by atoms with Crippen LogP contribution in [0.5, 0.6) is 0 Å². The van der Waals surface area contributed by atoms with Gasteiger partial charge < -0.3 is 20.0 Å². The molecule has 1 fully saturated rings. The molecule has 1 aromatic heterocycles. The highest BCUT2D eigenvalue weighted by atomic mass is 19.1. The Morgan fingerprint density at radius 3 is 2.36 bits per heavy atom. The van der Waals surface area contributed by atoms with Crippen LogP contribution >= 0.6 is 0 Å². The van der Waals surface area contributed by atoms with Crippen molar-refractivity contribution in [3.63, 3.8) is 0 Å². The summed E-state index contributed by atoms with van der Waals surface area (Å²) in [4.78, 5) is 23.1. The Hall–Kier alpha value is -2.83. The molecule has 7 heteroatoms. The molecule has 1 aliphatic heterocycles. The molecule has 2 aromatic rings. The first-order valence-electron chi connectivity index (χ1n) is 9.72. The van der Waals surface area contributed by atoms with Crippen LogP contribution in [-0.4, -0.2) is 62.6 Å². The summed E-state index contributed by atoms with van der Waals surface area (Å²) in [6.45, 7) is 5.63. The molecule has 0 spiro atoms. The molecule has 0 radical (unpaired) electrons. The maximum Gasteiger partial charge on any atom is 0.259 e. The van der Waals surface area contributed by atoms with Crippen molar-refractivity contribution >= 4 is 23.1 Å². The monoisotopic (exact) mass is 385 g/mol. The summed E-state index contributed by atoms with van der Waals surface area (Å²) in [5.41, 5.74) is 2.10. The number of carbonyl (C=O) groups is 1. The lowest BCUT2D eigenvalue weighted by Crippen LogP contribution is -2.47. The molecule has 0 atom stereocenters. The van der Waals surface area contributed by atoms with E-state index in [4.69, 9.17) is 0 Å². The lowest BCUT2D eigenvalue weighted by atomic mass is 10.1. The first-order valence-corrected chi connectivity index (χ1v) is 9.72. The van der Waals surface area contributed by atoms with Crippen LogP contribution in [0.3, 0.4) is 0 Å². The summed E-state index contributed by atoms with van der Waals surface area (Å²) in [7, 11) is 3.50. The van der Waals surface area contributed by atoms with Gasteiger partial charge in [-0.15, -0.1) is 0 Å². The number of rotatable bonds is 6. The second-order valence-corrected chi connectivity index (χ2v) is 7.11. The van der Waals surface area contributed by atoms with Gasteiger partial charge in [0.05, 0.1) is 11.4 Å². The number of halogens is 1. The summed E-state index contributed by atoms with van der Waals surface area (Å²) >= 11 is 0. The van der Waals surface area contributed by atoms with E-state index in [9.17, 15) is 9.18 Å². The van der Waals surface area contributed by atoms with E-state index >= 15 is 0 Å². The lowest BCUT2D eigenvalue weighted by Gasteiger charge is -2.38. The largest absolute Gasteiger partial charge is 0.369 e. The summed E-state index contributed by atoms with van der Waals surface area (Å²) in [5, 5.41) is 3.28. The smallest absolute Gasteiger partial charge is 0.259 e. The fourth-order valence-electron chi connectivity index (χ4n) is 3.42. The molecular formula is C21H28FN5O. The van der Waals surface area contributed by atoms with Gasteiger partial charge in [0.1, 0.15) is 17.2 Å². The summed E-state index contributed by atoms with van der Waals surface area (Å²) in [6, 6.07) is 8.76. The van der Waals surface area contributed by atoms with E-state index in [0.29, 0.717) is 43.2 Å². The van der Waals surface area contributed by atoms with Crippen LogP contribution in [0.4, 0.5) is 21.6 Å². The number of nitrogens with zero attached hydrogens (tertiary/aromatic N) is 4. The minimum atomic E-state index is -0.200. The van der Waals surface area contributed by atoms with Crippen molar-refractivity contribution in [2.75, 3.05) is 61.9 Å². The van der Waals surface area contributed by atoms with Gasteiger partial charge in [-0.3, -0.25) is 4.79 Å². The number of hydrogen-bond acceptors (Lipinski definition) is 5. The normalized spacial score (nSPS) is 14.1. The van der Waals surface area contributed by atoms with E-state index in [1.165, 1.54) is 6.07 Å². The van der Waals surface area contributed by atoms with Gasteiger partial charge >= 0.3 is 0 Å². The zero-order valence-electron chi connectivity index (χ0n) is 16.8. The van der Waals surface area contributed by atoms with Gasteiger partial charge in [0.2, 0.25) is 0 Å². The van der Waals surface area contributed by atoms with Gasteiger partial charge in [-0.05, 0) is 24.6 Å². The number of amides is 1. The number of carbonyl (C=O) groups excluding carboxylic acids is 1. The predicted octanol–water partition coefficient (Wildman–Crippen LogP) is 3.07. The van der Waals surface area contributed by atoms with E-state index in [1.807, 2.05) is 18.2 Å². The maximum atomic E-state index is 14.1. The van der Waals surface area contributed by atoms with E-state index < -0.39 is 0 Å². The number of nitrogens with one attached hydrogen (secondary N) is 1. The molecule has 1 aromatic carbocycles. The highest BCUT2D eigenvalue weighted by molar-refractivity contribution is 6.04. The van der Waals surface area contributed by atoms with Crippen LogP contribution in [0.15, 0.2) is 36.5 Å². The van der Waals surface area contributed by atoms with Crippen LogP contribution in [0, 0.1) is 5.82 Å². The molecule has 0 aliphatic carbocycles. The van der Waals surface area contributed by atoms with Gasteiger partial charge in [0.25, 0.3) is 5.91 Å². The number of anilines is 3. The van der Waals surface area contributed by atoms with E-state index in [2.05, 4.69) is 27.0 Å². The number of benzene rings is 1. The van der Waals surface area contributed by atoms with Crippen molar-refractivity contribution in [3.8, 4) is 0 Å². The highest BCUT2D eigenvalue weighted by Crippen LogP contribution is 2.29. The van der Waals surface area contributed by atoms with Crippen LogP contribution in [0.25, 0.3) is 0 Å². The molecule has 28 heavy (non-hydrogen) atoms. The standard InChI is InChI=1S/C21H28FN5O/c1-4-10-23-20-19(21(28)25(2)3)18(9-11-24-20)27-14-12-26(13-15-27)17-8-6-5-7-16(17)22/h5-9,11H,4,10,12-15H2,1-3H3,(H,23,24). The minimum Gasteiger partial charge on any atom is -0.369 e. The third-order valence-electron chi connectivity index (χ3n) is 4.90. The van der Waals surface area contributed by atoms with Crippen LogP contribution in [0.2, 0.25) is 0 Å². The molecule has 0 unspecified atom stereocenters. The third kappa shape index (κ3) is 4.18. The van der Waals surface area contributed by atoms with Crippen LogP contribution in [0.1, 0.15) is 23.7 Å². The number of piperazine rings is 1. The SMILES string of the molecule is CCCNc1nccc(N2CCN(c3ccccc3F)CC2)c1C(=O)N(C)C. The van der Waals surface area contributed by atoms with Crippen LogP contribution in [-0.2, 0) is 0 Å². The van der Waals surface area contributed by atoms with Crippen molar-refractivity contribution in [1.29, 1.82) is 0 Å². The minimum absolute atomic E-state index is 0.0711. The van der Waals surface area contributed by atoms with Crippen molar-refractivity contribution in [1.82, 2.24) is 9.88 Å². The fraction of sp³-hybridized carbons (Fsp3) is 0.429. The second kappa shape index (κ2) is 8.91. The van der Waals surface area contributed by atoms with E-state index in [1.54, 1.807) is 31.3 Å².